The highest BCUT2D eigenvalue weighted by Crippen LogP contribution is 2.27. The van der Waals surface area contributed by atoms with Gasteiger partial charge >= 0.3 is 17.4 Å². The van der Waals surface area contributed by atoms with Gasteiger partial charge in [-0.25, -0.2) is 0 Å². The molecule has 0 saturated carbocycles. The second-order valence-corrected chi connectivity index (χ2v) is 12.2. The number of para-hydroxylation sites is 1. The Kier molecular flexibility index (Phi) is 9.75. The Morgan fingerprint density at radius 2 is 1.33 bits per heavy atom. The van der Waals surface area contributed by atoms with Crippen LogP contribution in [-0.2, 0) is 22.1 Å². The molecule has 6 nitrogen and oxygen atoms in total. The fourth-order valence-electron chi connectivity index (χ4n) is 2.66. The Morgan fingerprint density at radius 3 is 1.83 bits per heavy atom. The third-order valence-electron chi connectivity index (χ3n) is 4.33. The highest BCUT2D eigenvalue weighted by molar-refractivity contribution is 6.70. The van der Waals surface area contributed by atoms with Crippen molar-refractivity contribution >= 4 is 23.1 Å². The fraction of sp³-hybridized carbons (Fsp3) is 0.625. The van der Waals surface area contributed by atoms with Gasteiger partial charge < -0.3 is 27.4 Å². The molecule has 0 heterocycles. The van der Waals surface area contributed by atoms with E-state index < -0.39 is 17.4 Å². The number of anilines is 1. The van der Waals surface area contributed by atoms with Crippen LogP contribution in [0.2, 0.25) is 18.1 Å². The molecule has 0 fully saturated rings. The topological polar surface area (TPSA) is 58.2 Å². The van der Waals surface area contributed by atoms with Gasteiger partial charge in [0.05, 0.1) is 0 Å². The summed E-state index contributed by atoms with van der Waals surface area (Å²) >= 11 is 0. The molecule has 1 N–H and O–H groups in total. The van der Waals surface area contributed by atoms with Gasteiger partial charge in [-0.2, -0.15) is 0 Å². The third kappa shape index (κ3) is 6.28. The minimum atomic E-state index is -2.60. The van der Waals surface area contributed by atoms with E-state index in [1.165, 1.54) is 0 Å². The lowest BCUT2D eigenvalue weighted by molar-refractivity contribution is 0.123. The molecule has 0 aromatic heterocycles. The molecule has 24 heavy (non-hydrogen) atoms. The molecular weight excluding hydrogens is 342 g/mol. The van der Waals surface area contributed by atoms with Crippen molar-refractivity contribution in [2.75, 3.05) is 47.4 Å². The van der Waals surface area contributed by atoms with Crippen LogP contribution in [0.25, 0.3) is 0 Å². The lowest BCUT2D eigenvalue weighted by Gasteiger charge is -2.31. The van der Waals surface area contributed by atoms with E-state index in [0.29, 0.717) is 6.04 Å². The summed E-state index contributed by atoms with van der Waals surface area (Å²) in [5.74, 6) is 0. The zero-order chi connectivity index (χ0) is 17.9. The monoisotopic (exact) mass is 373 g/mol. The normalized spacial score (nSPS) is 12.4. The van der Waals surface area contributed by atoms with Gasteiger partial charge in [0.25, 0.3) is 0 Å². The van der Waals surface area contributed by atoms with Gasteiger partial charge in [0, 0.05) is 53.8 Å². The first-order chi connectivity index (χ1) is 11.6. The van der Waals surface area contributed by atoms with E-state index >= 15 is 0 Å². The summed E-state index contributed by atoms with van der Waals surface area (Å²) in [4.78, 5) is 0. The zero-order valence-electron chi connectivity index (χ0n) is 15.5. The van der Waals surface area contributed by atoms with E-state index in [-0.39, 0.29) is 0 Å². The molecule has 0 saturated heterocycles. The Hall–Kier alpha value is -0.746. The third-order valence-corrected chi connectivity index (χ3v) is 11.2. The lowest BCUT2D eigenvalue weighted by atomic mass is 10.3. The Morgan fingerprint density at radius 1 is 0.750 bits per heavy atom. The van der Waals surface area contributed by atoms with Crippen molar-refractivity contribution in [3.05, 3.63) is 30.3 Å². The van der Waals surface area contributed by atoms with E-state index in [1.54, 1.807) is 35.5 Å². The molecule has 1 aromatic carbocycles. The fourth-order valence-corrected chi connectivity index (χ4v) is 8.47. The lowest BCUT2D eigenvalue weighted by Crippen LogP contribution is -2.47. The van der Waals surface area contributed by atoms with Crippen molar-refractivity contribution in [3.63, 3.8) is 0 Å². The average molecular weight is 374 g/mol. The summed E-state index contributed by atoms with van der Waals surface area (Å²) in [5, 5.41) is 3.42. The number of rotatable bonds is 13. The molecule has 8 heteroatoms. The average Bonchev–Trinajstić information content (AvgIpc) is 2.66. The summed E-state index contributed by atoms with van der Waals surface area (Å²) in [6.07, 6.45) is 0.976. The van der Waals surface area contributed by atoms with Crippen LogP contribution in [0.4, 0.5) is 5.69 Å². The van der Waals surface area contributed by atoms with Crippen molar-refractivity contribution in [2.24, 2.45) is 0 Å². The van der Waals surface area contributed by atoms with Gasteiger partial charge in [-0.15, -0.1) is 0 Å². The predicted molar refractivity (Wildman–Crippen MR) is 101 cm³/mol. The van der Waals surface area contributed by atoms with Gasteiger partial charge in [0.15, 0.2) is 0 Å². The zero-order valence-corrected chi connectivity index (χ0v) is 17.5. The van der Waals surface area contributed by atoms with Crippen LogP contribution in [0.5, 0.6) is 0 Å². The molecule has 0 radical (unpaired) electrons. The molecule has 0 aliphatic rings. The van der Waals surface area contributed by atoms with E-state index in [2.05, 4.69) is 17.4 Å². The van der Waals surface area contributed by atoms with Crippen LogP contribution < -0.4 is 5.32 Å². The molecule has 0 unspecified atom stereocenters. The maximum absolute atomic E-state index is 5.81. The van der Waals surface area contributed by atoms with Crippen LogP contribution >= 0.6 is 0 Å². The van der Waals surface area contributed by atoms with Gasteiger partial charge in [0.2, 0.25) is 0 Å². The van der Waals surface area contributed by atoms with Gasteiger partial charge in [-0.1, -0.05) is 18.2 Å². The van der Waals surface area contributed by atoms with Gasteiger partial charge in [0.1, 0.15) is 0 Å². The van der Waals surface area contributed by atoms with Crippen molar-refractivity contribution < 1.29 is 22.1 Å². The highest BCUT2D eigenvalue weighted by Gasteiger charge is 2.44. The summed E-state index contributed by atoms with van der Waals surface area (Å²) in [6, 6.07) is 12.6. The van der Waals surface area contributed by atoms with Crippen molar-refractivity contribution in [3.8, 4) is 0 Å². The Balaban J connectivity index is 2.51. The maximum Gasteiger partial charge on any atom is 0.500 e. The second kappa shape index (κ2) is 11.0. The summed E-state index contributed by atoms with van der Waals surface area (Å²) in [7, 11) is 3.47. The first-order valence-corrected chi connectivity index (χ1v) is 12.3. The van der Waals surface area contributed by atoms with E-state index in [0.717, 1.165) is 30.7 Å². The van der Waals surface area contributed by atoms with Crippen LogP contribution in [0.3, 0.4) is 0 Å². The number of benzene rings is 1. The van der Waals surface area contributed by atoms with Crippen molar-refractivity contribution in [1.82, 2.24) is 0 Å². The van der Waals surface area contributed by atoms with E-state index in [1.807, 2.05) is 18.2 Å². The SMILES string of the molecule is CO[Si](CCCNc1ccccc1)(CC[Si](OC)(OC)OC)OC. The quantitative estimate of drug-likeness (QED) is 0.423. The maximum atomic E-state index is 5.81. The number of hydrogen-bond acceptors (Lipinski definition) is 6. The largest absolute Gasteiger partial charge is 0.500 e. The highest BCUT2D eigenvalue weighted by atomic mass is 28.4. The molecule has 1 rings (SSSR count). The van der Waals surface area contributed by atoms with Crippen LogP contribution in [-0.4, -0.2) is 59.5 Å². The van der Waals surface area contributed by atoms with Gasteiger partial charge in [-0.3, -0.25) is 0 Å². The van der Waals surface area contributed by atoms with Crippen LogP contribution in [0.15, 0.2) is 30.3 Å². The first kappa shape index (κ1) is 21.3. The molecular formula is C16H31NO5Si2. The number of nitrogens with one attached hydrogen (secondary N) is 1. The second-order valence-electron chi connectivity index (χ2n) is 5.51. The predicted octanol–water partition coefficient (Wildman–Crippen LogP) is 3.10. The number of hydrogen-bond donors (Lipinski definition) is 1. The Labute approximate surface area is 148 Å². The molecule has 0 atom stereocenters. The standard InChI is InChI=1S/C16H31NO5Si2/c1-18-23(19-2,14-15-24(20-3,21-4)22-5)13-9-12-17-16-10-7-6-8-11-16/h6-8,10-11,17H,9,12-15H2,1-5H3. The molecule has 0 amide bonds. The molecule has 138 valence electrons. The molecule has 0 aliphatic carbocycles. The minimum absolute atomic E-state index is 0.691. The van der Waals surface area contributed by atoms with Crippen LogP contribution in [0, 0.1) is 0 Å². The van der Waals surface area contributed by atoms with E-state index in [9.17, 15) is 0 Å². The molecule has 1 aromatic rings. The Bertz CT molecular complexity index is 433. The van der Waals surface area contributed by atoms with Gasteiger partial charge in [-0.05, 0) is 30.6 Å². The molecule has 0 aliphatic heterocycles. The van der Waals surface area contributed by atoms with Crippen molar-refractivity contribution in [2.45, 2.75) is 24.6 Å². The minimum Gasteiger partial charge on any atom is -0.398 e. The van der Waals surface area contributed by atoms with E-state index in [4.69, 9.17) is 22.1 Å². The van der Waals surface area contributed by atoms with Crippen molar-refractivity contribution in [1.29, 1.82) is 0 Å². The smallest absolute Gasteiger partial charge is 0.398 e. The summed E-state index contributed by atoms with van der Waals surface area (Å²) in [6.45, 7) is 0.882. The summed E-state index contributed by atoms with van der Waals surface area (Å²) in [5.41, 5.74) is 1.13. The molecule has 0 spiro atoms. The molecule has 0 bridgehead atoms. The van der Waals surface area contributed by atoms with Crippen LogP contribution in [0.1, 0.15) is 6.42 Å². The summed E-state index contributed by atoms with van der Waals surface area (Å²) < 4.78 is 28.1. The first-order valence-electron chi connectivity index (χ1n) is 8.14.